The van der Waals surface area contributed by atoms with Crippen LogP contribution in [0.3, 0.4) is 0 Å². The second-order valence-corrected chi connectivity index (χ2v) is 11.1. The van der Waals surface area contributed by atoms with Gasteiger partial charge in [-0.25, -0.2) is 0 Å². The molecule has 3 aromatic rings. The summed E-state index contributed by atoms with van der Waals surface area (Å²) in [6, 6.07) is 15.4. The van der Waals surface area contributed by atoms with Crippen LogP contribution in [0.2, 0.25) is 0 Å². The van der Waals surface area contributed by atoms with Crippen LogP contribution in [0, 0.1) is 0 Å². The van der Waals surface area contributed by atoms with Gasteiger partial charge in [0.25, 0.3) is 0 Å². The number of unbranched alkanes of at least 4 members (excludes halogenated alkanes) is 3. The molecule has 0 heterocycles. The van der Waals surface area contributed by atoms with Crippen molar-refractivity contribution in [3.05, 3.63) is 64.7 Å². The minimum atomic E-state index is 0.0140. The van der Waals surface area contributed by atoms with Crippen LogP contribution in [0.5, 0.6) is 5.75 Å². The van der Waals surface area contributed by atoms with E-state index in [0.717, 1.165) is 64.3 Å². The molecule has 0 saturated carbocycles. The maximum absolute atomic E-state index is 11.9. The van der Waals surface area contributed by atoms with Gasteiger partial charge in [0, 0.05) is 17.6 Å². The highest BCUT2D eigenvalue weighted by atomic mass is 16.3. The first kappa shape index (κ1) is 27.3. The molecule has 2 N–H and O–H groups in total. The van der Waals surface area contributed by atoms with Gasteiger partial charge in [-0.1, -0.05) is 82.5 Å². The Morgan fingerprint density at radius 3 is 1.89 bits per heavy atom. The SMILES string of the molecule is CCCCc1c(O)c(CCCC)c(-c2cccc3ccccc23)c(CCCC)c1CNC(C)(C)C. The third-order valence-electron chi connectivity index (χ3n) is 7.10. The summed E-state index contributed by atoms with van der Waals surface area (Å²) in [5.74, 6) is 0.556. The Labute approximate surface area is 214 Å². The number of aromatic hydroxyl groups is 1. The second kappa shape index (κ2) is 12.6. The van der Waals surface area contributed by atoms with Crippen molar-refractivity contribution in [2.45, 2.75) is 111 Å². The lowest BCUT2D eigenvalue weighted by atomic mass is 9.80. The van der Waals surface area contributed by atoms with Gasteiger partial charge in [-0.15, -0.1) is 0 Å². The third-order valence-corrected chi connectivity index (χ3v) is 7.10. The van der Waals surface area contributed by atoms with E-state index >= 15 is 0 Å². The highest BCUT2D eigenvalue weighted by molar-refractivity contribution is 5.99. The molecule has 0 aromatic heterocycles. The topological polar surface area (TPSA) is 32.3 Å². The molecule has 0 unspecified atom stereocenters. The van der Waals surface area contributed by atoms with E-state index in [1.165, 1.54) is 44.2 Å². The van der Waals surface area contributed by atoms with Crippen LogP contribution in [-0.4, -0.2) is 10.6 Å². The monoisotopic (exact) mass is 473 g/mol. The lowest BCUT2D eigenvalue weighted by Gasteiger charge is -2.28. The number of nitrogens with one attached hydrogen (secondary N) is 1. The molecule has 2 nitrogen and oxygen atoms in total. The Kier molecular flexibility index (Phi) is 9.80. The van der Waals surface area contributed by atoms with E-state index in [-0.39, 0.29) is 5.54 Å². The summed E-state index contributed by atoms with van der Waals surface area (Å²) in [5.41, 5.74) is 7.73. The van der Waals surface area contributed by atoms with Crippen LogP contribution >= 0.6 is 0 Å². The highest BCUT2D eigenvalue weighted by Crippen LogP contribution is 2.44. The van der Waals surface area contributed by atoms with E-state index in [0.29, 0.717) is 5.75 Å². The lowest BCUT2D eigenvalue weighted by Crippen LogP contribution is -2.35. The van der Waals surface area contributed by atoms with Crippen molar-refractivity contribution in [3.63, 3.8) is 0 Å². The van der Waals surface area contributed by atoms with E-state index in [1.807, 2.05) is 0 Å². The molecule has 0 amide bonds. The maximum atomic E-state index is 11.9. The number of hydrogen-bond donors (Lipinski definition) is 2. The smallest absolute Gasteiger partial charge is 0.122 e. The Balaban J connectivity index is 2.40. The molecule has 3 rings (SSSR count). The fraction of sp³-hybridized carbons (Fsp3) is 0.515. The van der Waals surface area contributed by atoms with Crippen molar-refractivity contribution in [1.82, 2.24) is 5.32 Å². The molecule has 0 radical (unpaired) electrons. The average molecular weight is 474 g/mol. The molecule has 0 spiro atoms. The largest absolute Gasteiger partial charge is 0.507 e. The first-order valence-electron chi connectivity index (χ1n) is 13.9. The summed E-state index contributed by atoms with van der Waals surface area (Å²) in [7, 11) is 0. The molecule has 3 aromatic carbocycles. The quantitative estimate of drug-likeness (QED) is 0.275. The van der Waals surface area contributed by atoms with E-state index < -0.39 is 0 Å². The van der Waals surface area contributed by atoms with E-state index in [4.69, 9.17) is 0 Å². The van der Waals surface area contributed by atoms with E-state index in [1.54, 1.807) is 0 Å². The van der Waals surface area contributed by atoms with Crippen LogP contribution in [0.4, 0.5) is 0 Å². The number of benzene rings is 3. The van der Waals surface area contributed by atoms with Gasteiger partial charge in [-0.3, -0.25) is 0 Å². The molecular formula is C33H47NO. The van der Waals surface area contributed by atoms with Gasteiger partial charge in [0.1, 0.15) is 5.75 Å². The van der Waals surface area contributed by atoms with E-state index in [2.05, 4.69) is 89.3 Å². The Bertz CT molecular complexity index is 1100. The molecule has 0 aliphatic heterocycles. The van der Waals surface area contributed by atoms with Crippen molar-refractivity contribution in [2.75, 3.05) is 0 Å². The fourth-order valence-electron chi connectivity index (χ4n) is 5.14. The maximum Gasteiger partial charge on any atom is 0.122 e. The molecule has 35 heavy (non-hydrogen) atoms. The van der Waals surface area contributed by atoms with Crippen LogP contribution < -0.4 is 5.32 Å². The predicted octanol–water partition coefficient (Wildman–Crippen LogP) is 9.13. The van der Waals surface area contributed by atoms with Crippen LogP contribution in [-0.2, 0) is 25.8 Å². The van der Waals surface area contributed by atoms with Gasteiger partial charge in [0.05, 0.1) is 0 Å². The van der Waals surface area contributed by atoms with Gasteiger partial charge in [-0.2, -0.15) is 0 Å². The number of fused-ring (bicyclic) bond motifs is 1. The zero-order chi connectivity index (χ0) is 25.4. The highest BCUT2D eigenvalue weighted by Gasteiger charge is 2.25. The zero-order valence-electron chi connectivity index (χ0n) is 23.1. The molecule has 2 heteroatoms. The van der Waals surface area contributed by atoms with Crippen molar-refractivity contribution < 1.29 is 5.11 Å². The number of hydrogen-bond acceptors (Lipinski definition) is 2. The zero-order valence-corrected chi connectivity index (χ0v) is 23.1. The summed E-state index contributed by atoms with van der Waals surface area (Å²) in [6.07, 6.45) is 9.68. The predicted molar refractivity (Wildman–Crippen MR) is 153 cm³/mol. The van der Waals surface area contributed by atoms with Crippen molar-refractivity contribution in [1.29, 1.82) is 0 Å². The first-order chi connectivity index (χ1) is 16.8. The lowest BCUT2D eigenvalue weighted by molar-refractivity contribution is 0.418. The van der Waals surface area contributed by atoms with Crippen LogP contribution in [0.25, 0.3) is 21.9 Å². The molecule has 0 atom stereocenters. The minimum Gasteiger partial charge on any atom is -0.507 e. The standard InChI is InChI=1S/C33H47NO/c1-7-10-18-27-30(23-34-33(4,5)6)28(19-11-8-2)32(35)29(20-12-9-3)31(27)26-22-15-17-24-16-13-14-21-25(24)26/h13-17,21-22,34-35H,7-12,18-20,23H2,1-6H3. The minimum absolute atomic E-state index is 0.0140. The molecule has 0 fully saturated rings. The van der Waals surface area contributed by atoms with Crippen LogP contribution in [0.15, 0.2) is 42.5 Å². The summed E-state index contributed by atoms with van der Waals surface area (Å²) in [6.45, 7) is 14.2. The summed E-state index contributed by atoms with van der Waals surface area (Å²) >= 11 is 0. The third kappa shape index (κ3) is 6.67. The molecule has 190 valence electrons. The molecule has 0 aliphatic carbocycles. The normalized spacial score (nSPS) is 11.9. The van der Waals surface area contributed by atoms with Gasteiger partial charge < -0.3 is 10.4 Å². The van der Waals surface area contributed by atoms with Crippen molar-refractivity contribution in [3.8, 4) is 16.9 Å². The molecular weight excluding hydrogens is 426 g/mol. The Morgan fingerprint density at radius 1 is 0.686 bits per heavy atom. The number of phenolic OH excluding ortho intramolecular Hbond substituents is 1. The van der Waals surface area contributed by atoms with Gasteiger partial charge in [0.15, 0.2) is 0 Å². The summed E-state index contributed by atoms with van der Waals surface area (Å²) in [4.78, 5) is 0. The second-order valence-electron chi connectivity index (χ2n) is 11.1. The Morgan fingerprint density at radius 2 is 1.26 bits per heavy atom. The van der Waals surface area contributed by atoms with Gasteiger partial charge in [-0.05, 0) is 97.9 Å². The van der Waals surface area contributed by atoms with Gasteiger partial charge in [0.2, 0.25) is 0 Å². The number of rotatable bonds is 12. The number of phenols is 1. The van der Waals surface area contributed by atoms with Crippen molar-refractivity contribution >= 4 is 10.8 Å². The molecule has 0 bridgehead atoms. The summed E-state index contributed by atoms with van der Waals surface area (Å²) in [5, 5.41) is 18.2. The fourth-order valence-corrected chi connectivity index (χ4v) is 5.14. The van der Waals surface area contributed by atoms with E-state index in [9.17, 15) is 5.11 Å². The average Bonchev–Trinajstić information content (AvgIpc) is 2.84. The summed E-state index contributed by atoms with van der Waals surface area (Å²) < 4.78 is 0. The molecule has 0 saturated heterocycles. The van der Waals surface area contributed by atoms with Crippen molar-refractivity contribution in [2.24, 2.45) is 0 Å². The first-order valence-corrected chi connectivity index (χ1v) is 13.9. The Hall–Kier alpha value is -2.32. The van der Waals surface area contributed by atoms with Gasteiger partial charge >= 0.3 is 0 Å². The van der Waals surface area contributed by atoms with Crippen LogP contribution in [0.1, 0.15) is 102 Å². The molecule has 0 aliphatic rings.